The molecule has 1 unspecified atom stereocenters. The molecule has 0 aliphatic carbocycles. The molecule has 4 nitrogen and oxygen atoms in total. The van der Waals surface area contributed by atoms with Crippen molar-refractivity contribution in [1.29, 1.82) is 0 Å². The summed E-state index contributed by atoms with van der Waals surface area (Å²) in [6, 6.07) is 6.54. The molecule has 2 aromatic rings. The Kier molecular flexibility index (Phi) is 5.23. The number of likely N-dealkylation sites (tertiary alicyclic amines) is 1. The molecule has 1 aliphatic rings. The van der Waals surface area contributed by atoms with Gasteiger partial charge in [0.15, 0.2) is 0 Å². The Balaban J connectivity index is 1.64. The lowest BCUT2D eigenvalue weighted by atomic mass is 10.1. The van der Waals surface area contributed by atoms with Crippen molar-refractivity contribution in [2.75, 3.05) is 20.2 Å². The molecule has 124 valence electrons. The van der Waals surface area contributed by atoms with E-state index in [9.17, 15) is 0 Å². The van der Waals surface area contributed by atoms with Gasteiger partial charge in [-0.3, -0.25) is 4.68 Å². The second-order valence-corrected chi connectivity index (χ2v) is 6.80. The van der Waals surface area contributed by atoms with E-state index in [2.05, 4.69) is 17.0 Å². The number of nitrogens with zero attached hydrogens (tertiary/aromatic N) is 3. The van der Waals surface area contributed by atoms with Crippen molar-refractivity contribution in [1.82, 2.24) is 14.7 Å². The van der Waals surface area contributed by atoms with Crippen LogP contribution >= 0.6 is 11.6 Å². The Labute approximate surface area is 143 Å². The highest BCUT2D eigenvalue weighted by atomic mass is 35.5. The minimum Gasteiger partial charge on any atom is -0.493 e. The van der Waals surface area contributed by atoms with Crippen LogP contribution in [-0.4, -0.2) is 40.9 Å². The van der Waals surface area contributed by atoms with E-state index in [1.807, 2.05) is 42.3 Å². The molecule has 1 atom stereocenters. The standard InChI is InChI=1S/C18H24ClN3O/c1-21-8-3-4-17(21)7-9-23-18-11-16(19)6-5-15(18)10-14-12-20-22(2)13-14/h5-6,11-13,17H,3-4,7-10H2,1-2H3. The lowest BCUT2D eigenvalue weighted by Crippen LogP contribution is -2.26. The molecule has 23 heavy (non-hydrogen) atoms. The van der Waals surface area contributed by atoms with E-state index < -0.39 is 0 Å². The molecule has 0 N–H and O–H groups in total. The smallest absolute Gasteiger partial charge is 0.124 e. The summed E-state index contributed by atoms with van der Waals surface area (Å²) in [6.07, 6.45) is 8.37. The SMILES string of the molecule is CN1CCCC1CCOc1cc(Cl)ccc1Cc1cnn(C)c1. The fourth-order valence-electron chi connectivity index (χ4n) is 3.24. The maximum atomic E-state index is 6.15. The van der Waals surface area contributed by atoms with Gasteiger partial charge in [-0.25, -0.2) is 0 Å². The van der Waals surface area contributed by atoms with Crippen LogP contribution in [0.1, 0.15) is 30.4 Å². The third-order valence-corrected chi connectivity index (χ3v) is 4.80. The van der Waals surface area contributed by atoms with Gasteiger partial charge in [-0.1, -0.05) is 17.7 Å². The first-order valence-corrected chi connectivity index (χ1v) is 8.58. The normalized spacial score (nSPS) is 18.5. The minimum atomic E-state index is 0.649. The van der Waals surface area contributed by atoms with E-state index in [4.69, 9.17) is 16.3 Å². The molecule has 0 saturated carbocycles. The molecule has 1 fully saturated rings. The van der Waals surface area contributed by atoms with Crippen molar-refractivity contribution in [2.24, 2.45) is 7.05 Å². The van der Waals surface area contributed by atoms with E-state index in [1.165, 1.54) is 24.9 Å². The van der Waals surface area contributed by atoms with Gasteiger partial charge in [0.05, 0.1) is 12.8 Å². The quantitative estimate of drug-likeness (QED) is 0.810. The molecule has 5 heteroatoms. The van der Waals surface area contributed by atoms with Gasteiger partial charge in [-0.05, 0) is 56.1 Å². The van der Waals surface area contributed by atoms with Crippen molar-refractivity contribution in [2.45, 2.75) is 31.7 Å². The van der Waals surface area contributed by atoms with Gasteiger partial charge in [0.25, 0.3) is 0 Å². The van der Waals surface area contributed by atoms with Gasteiger partial charge in [-0.15, -0.1) is 0 Å². The summed E-state index contributed by atoms with van der Waals surface area (Å²) in [4.78, 5) is 2.43. The first kappa shape index (κ1) is 16.3. The van der Waals surface area contributed by atoms with Crippen molar-refractivity contribution >= 4 is 11.6 Å². The van der Waals surface area contributed by atoms with Crippen LogP contribution in [0.15, 0.2) is 30.6 Å². The topological polar surface area (TPSA) is 30.3 Å². The van der Waals surface area contributed by atoms with E-state index in [0.29, 0.717) is 11.1 Å². The van der Waals surface area contributed by atoms with Crippen LogP contribution in [-0.2, 0) is 13.5 Å². The average Bonchev–Trinajstić information content (AvgIpc) is 3.11. The minimum absolute atomic E-state index is 0.649. The van der Waals surface area contributed by atoms with Gasteiger partial charge >= 0.3 is 0 Å². The van der Waals surface area contributed by atoms with E-state index in [0.717, 1.165) is 30.8 Å². The average molecular weight is 334 g/mol. The van der Waals surface area contributed by atoms with Crippen LogP contribution in [0.3, 0.4) is 0 Å². The monoisotopic (exact) mass is 333 g/mol. The fourth-order valence-corrected chi connectivity index (χ4v) is 3.40. The Morgan fingerprint density at radius 1 is 1.35 bits per heavy atom. The summed E-state index contributed by atoms with van der Waals surface area (Å²) >= 11 is 6.15. The summed E-state index contributed by atoms with van der Waals surface area (Å²) < 4.78 is 7.89. The zero-order chi connectivity index (χ0) is 16.2. The van der Waals surface area contributed by atoms with Crippen LogP contribution in [0, 0.1) is 0 Å². The molecular formula is C18H24ClN3O. The zero-order valence-electron chi connectivity index (χ0n) is 13.8. The van der Waals surface area contributed by atoms with Crippen molar-refractivity contribution < 1.29 is 4.74 Å². The fraction of sp³-hybridized carbons (Fsp3) is 0.500. The number of rotatable bonds is 6. The molecule has 2 heterocycles. The molecular weight excluding hydrogens is 310 g/mol. The Bertz CT molecular complexity index is 655. The van der Waals surface area contributed by atoms with Gasteiger partial charge in [-0.2, -0.15) is 5.10 Å². The highest BCUT2D eigenvalue weighted by Gasteiger charge is 2.20. The van der Waals surface area contributed by atoms with Gasteiger partial charge in [0, 0.05) is 30.7 Å². The van der Waals surface area contributed by atoms with Gasteiger partial charge in [0.1, 0.15) is 5.75 Å². The highest BCUT2D eigenvalue weighted by Crippen LogP contribution is 2.26. The van der Waals surface area contributed by atoms with E-state index in [1.54, 1.807) is 0 Å². The van der Waals surface area contributed by atoms with Crippen LogP contribution < -0.4 is 4.74 Å². The van der Waals surface area contributed by atoms with Crippen LogP contribution in [0.25, 0.3) is 0 Å². The Hall–Kier alpha value is -1.52. The Morgan fingerprint density at radius 2 is 2.22 bits per heavy atom. The van der Waals surface area contributed by atoms with Gasteiger partial charge in [0.2, 0.25) is 0 Å². The summed E-state index contributed by atoms with van der Waals surface area (Å²) in [5.41, 5.74) is 2.33. The number of hydrogen-bond acceptors (Lipinski definition) is 3. The third-order valence-electron chi connectivity index (χ3n) is 4.56. The predicted molar refractivity (Wildman–Crippen MR) is 93.2 cm³/mol. The number of aryl methyl sites for hydroxylation is 1. The number of aromatic nitrogens is 2. The van der Waals surface area contributed by atoms with Crippen molar-refractivity contribution in [3.8, 4) is 5.75 Å². The second-order valence-electron chi connectivity index (χ2n) is 6.36. The maximum absolute atomic E-state index is 6.15. The number of hydrogen-bond donors (Lipinski definition) is 0. The molecule has 1 saturated heterocycles. The molecule has 0 spiro atoms. The summed E-state index contributed by atoms with van der Waals surface area (Å²) in [6.45, 7) is 1.93. The summed E-state index contributed by atoms with van der Waals surface area (Å²) in [5.74, 6) is 0.891. The van der Waals surface area contributed by atoms with Gasteiger partial charge < -0.3 is 9.64 Å². The molecule has 0 bridgehead atoms. The number of ether oxygens (including phenoxy) is 1. The number of halogens is 1. The molecule has 1 aromatic carbocycles. The van der Waals surface area contributed by atoms with Crippen molar-refractivity contribution in [3.63, 3.8) is 0 Å². The number of benzene rings is 1. The zero-order valence-corrected chi connectivity index (χ0v) is 14.6. The molecule has 3 rings (SSSR count). The second kappa shape index (κ2) is 7.37. The highest BCUT2D eigenvalue weighted by molar-refractivity contribution is 6.30. The molecule has 0 amide bonds. The predicted octanol–water partition coefficient (Wildman–Crippen LogP) is 3.53. The Morgan fingerprint density at radius 3 is 2.91 bits per heavy atom. The third kappa shape index (κ3) is 4.27. The lowest BCUT2D eigenvalue weighted by molar-refractivity contribution is 0.232. The maximum Gasteiger partial charge on any atom is 0.124 e. The lowest BCUT2D eigenvalue weighted by Gasteiger charge is -2.20. The molecule has 1 aliphatic heterocycles. The summed E-state index contributed by atoms with van der Waals surface area (Å²) in [7, 11) is 4.13. The summed E-state index contributed by atoms with van der Waals surface area (Å²) in [5, 5.41) is 4.94. The van der Waals surface area contributed by atoms with E-state index in [-0.39, 0.29) is 0 Å². The molecule has 0 radical (unpaired) electrons. The first-order valence-electron chi connectivity index (χ1n) is 8.21. The van der Waals surface area contributed by atoms with Crippen LogP contribution in [0.4, 0.5) is 0 Å². The molecule has 1 aromatic heterocycles. The van der Waals surface area contributed by atoms with Crippen LogP contribution in [0.5, 0.6) is 5.75 Å². The van der Waals surface area contributed by atoms with E-state index >= 15 is 0 Å². The first-order chi connectivity index (χ1) is 11.1. The van der Waals surface area contributed by atoms with Crippen molar-refractivity contribution in [3.05, 3.63) is 46.7 Å². The van der Waals surface area contributed by atoms with Crippen LogP contribution in [0.2, 0.25) is 5.02 Å². The largest absolute Gasteiger partial charge is 0.493 e.